The molecule has 2 aromatic rings. The summed E-state index contributed by atoms with van der Waals surface area (Å²) in [5.41, 5.74) is 0.333. The molecule has 0 radical (unpaired) electrons. The lowest BCUT2D eigenvalue weighted by Crippen LogP contribution is -2.08. The molecule has 0 fully saturated rings. The van der Waals surface area contributed by atoms with Crippen molar-refractivity contribution in [3.63, 3.8) is 0 Å². The summed E-state index contributed by atoms with van der Waals surface area (Å²) in [7, 11) is -3.51. The van der Waals surface area contributed by atoms with Crippen LogP contribution in [-0.4, -0.2) is 18.6 Å². The van der Waals surface area contributed by atoms with Crippen molar-refractivity contribution in [3.8, 4) is 0 Å². The van der Waals surface area contributed by atoms with Crippen molar-refractivity contribution < 1.29 is 17.3 Å². The largest absolute Gasteiger partial charge is 0.338 e. The van der Waals surface area contributed by atoms with Gasteiger partial charge in [-0.1, -0.05) is 22.8 Å². The van der Waals surface area contributed by atoms with Crippen molar-refractivity contribution in [2.24, 2.45) is 0 Å². The maximum absolute atomic E-state index is 12.9. The van der Waals surface area contributed by atoms with Gasteiger partial charge in [-0.3, -0.25) is 0 Å². The lowest BCUT2D eigenvalue weighted by molar-refractivity contribution is 0.384. The molecule has 0 spiro atoms. The zero-order chi connectivity index (χ0) is 14.0. The maximum atomic E-state index is 12.9. The highest BCUT2D eigenvalue weighted by molar-refractivity contribution is 7.89. The predicted octanol–water partition coefficient (Wildman–Crippen LogP) is 2.29. The van der Waals surface area contributed by atoms with Crippen LogP contribution in [-0.2, 0) is 21.3 Å². The Morgan fingerprint density at radius 1 is 1.37 bits per heavy atom. The van der Waals surface area contributed by atoms with E-state index in [1.807, 2.05) is 0 Å². The van der Waals surface area contributed by atoms with Crippen LogP contribution in [0.1, 0.15) is 17.3 Å². The van der Waals surface area contributed by atoms with Gasteiger partial charge in [0.1, 0.15) is 11.6 Å². The molecule has 19 heavy (non-hydrogen) atoms. The average Bonchev–Trinajstić information content (AvgIpc) is 2.67. The van der Waals surface area contributed by atoms with Crippen LogP contribution in [0.5, 0.6) is 0 Å². The van der Waals surface area contributed by atoms with E-state index in [0.717, 1.165) is 12.1 Å². The van der Waals surface area contributed by atoms with Gasteiger partial charge in [0.05, 0.1) is 5.75 Å². The summed E-state index contributed by atoms with van der Waals surface area (Å²) >= 11 is 5.79. The van der Waals surface area contributed by atoms with Crippen LogP contribution in [0.15, 0.2) is 22.7 Å². The van der Waals surface area contributed by atoms with E-state index in [1.54, 1.807) is 6.92 Å². The van der Waals surface area contributed by atoms with Crippen LogP contribution >= 0.6 is 11.6 Å². The van der Waals surface area contributed by atoms with E-state index in [-0.39, 0.29) is 22.4 Å². The molecule has 0 bridgehead atoms. The second kappa shape index (κ2) is 5.26. The molecule has 0 N–H and O–H groups in total. The highest BCUT2D eigenvalue weighted by Gasteiger charge is 2.19. The first-order valence-corrected chi connectivity index (χ1v) is 7.49. The third-order valence-corrected chi connectivity index (χ3v) is 4.09. The molecule has 1 heterocycles. The molecular formula is C11H10ClFN2O3S. The van der Waals surface area contributed by atoms with E-state index in [1.165, 1.54) is 6.07 Å². The highest BCUT2D eigenvalue weighted by Crippen LogP contribution is 2.21. The fourth-order valence-corrected chi connectivity index (χ4v) is 3.15. The average molecular weight is 305 g/mol. The molecule has 5 nitrogen and oxygen atoms in total. The summed E-state index contributed by atoms with van der Waals surface area (Å²) in [5, 5.41) is 3.59. The number of hydrogen-bond donors (Lipinski definition) is 0. The molecule has 0 aliphatic heterocycles. The summed E-state index contributed by atoms with van der Waals surface area (Å²) < 4.78 is 41.5. The smallest absolute Gasteiger partial charge is 0.241 e. The lowest BCUT2D eigenvalue weighted by atomic mass is 10.2. The van der Waals surface area contributed by atoms with Crippen molar-refractivity contribution >= 4 is 21.4 Å². The second-order valence-electron chi connectivity index (χ2n) is 4.00. The fourth-order valence-electron chi connectivity index (χ4n) is 1.51. The first-order chi connectivity index (χ1) is 8.85. The molecule has 0 aliphatic rings. The molecule has 1 aromatic carbocycles. The van der Waals surface area contributed by atoms with Crippen molar-refractivity contribution in [1.82, 2.24) is 10.1 Å². The number of benzene rings is 1. The van der Waals surface area contributed by atoms with Gasteiger partial charge in [0.2, 0.25) is 5.89 Å². The molecule has 1 aromatic heterocycles. The molecule has 102 valence electrons. The third-order valence-electron chi connectivity index (χ3n) is 2.30. The topological polar surface area (TPSA) is 73.1 Å². The van der Waals surface area contributed by atoms with Gasteiger partial charge >= 0.3 is 0 Å². The molecule has 0 amide bonds. The molecule has 8 heteroatoms. The minimum Gasteiger partial charge on any atom is -0.338 e. The predicted molar refractivity (Wildman–Crippen MR) is 66.8 cm³/mol. The van der Waals surface area contributed by atoms with E-state index in [0.29, 0.717) is 11.4 Å². The first kappa shape index (κ1) is 14.0. The van der Waals surface area contributed by atoms with Gasteiger partial charge in [-0.05, 0) is 24.6 Å². The van der Waals surface area contributed by atoms with Gasteiger partial charge in [0.15, 0.2) is 15.7 Å². The number of nitrogens with zero attached hydrogens (tertiary/aromatic N) is 2. The summed E-state index contributed by atoms with van der Waals surface area (Å²) in [4.78, 5) is 3.82. The summed E-state index contributed by atoms with van der Waals surface area (Å²) in [6, 6.07) is 3.57. The van der Waals surface area contributed by atoms with Gasteiger partial charge in [-0.2, -0.15) is 4.98 Å². The summed E-state index contributed by atoms with van der Waals surface area (Å²) in [6.07, 6.45) is 0. The monoisotopic (exact) mass is 304 g/mol. The first-order valence-electron chi connectivity index (χ1n) is 5.29. The standard InChI is InChI=1S/C11H10ClFN2O3S/c1-7-14-11(18-15-7)6-19(16,17)5-8-2-3-9(13)4-10(8)12/h2-4H,5-6H2,1H3. The second-order valence-corrected chi connectivity index (χ2v) is 6.47. The Bertz CT molecular complexity index is 700. The number of sulfone groups is 1. The molecule has 0 aliphatic carbocycles. The highest BCUT2D eigenvalue weighted by atomic mass is 35.5. The fraction of sp³-hybridized carbons (Fsp3) is 0.273. The van der Waals surface area contributed by atoms with Crippen LogP contribution in [0.3, 0.4) is 0 Å². The minimum atomic E-state index is -3.51. The number of aromatic nitrogens is 2. The number of aryl methyl sites for hydroxylation is 1. The van der Waals surface area contributed by atoms with Gasteiger partial charge in [-0.15, -0.1) is 0 Å². The molecule has 0 unspecified atom stereocenters. The zero-order valence-corrected chi connectivity index (χ0v) is 11.5. The van der Waals surface area contributed by atoms with Crippen LogP contribution in [0.4, 0.5) is 4.39 Å². The molecular weight excluding hydrogens is 295 g/mol. The van der Waals surface area contributed by atoms with Crippen LogP contribution in [0.25, 0.3) is 0 Å². The maximum Gasteiger partial charge on any atom is 0.241 e. The Morgan fingerprint density at radius 2 is 2.11 bits per heavy atom. The summed E-state index contributed by atoms with van der Waals surface area (Å²) in [6.45, 7) is 1.59. The Morgan fingerprint density at radius 3 is 2.68 bits per heavy atom. The van der Waals surface area contributed by atoms with Gasteiger partial charge in [0.25, 0.3) is 0 Å². The van der Waals surface area contributed by atoms with Gasteiger partial charge < -0.3 is 4.52 Å². The van der Waals surface area contributed by atoms with Crippen LogP contribution < -0.4 is 0 Å². The number of halogens is 2. The summed E-state index contributed by atoms with van der Waals surface area (Å²) in [5.74, 6) is -0.811. The molecule has 0 saturated carbocycles. The lowest BCUT2D eigenvalue weighted by Gasteiger charge is -2.04. The van der Waals surface area contributed by atoms with Crippen molar-refractivity contribution in [1.29, 1.82) is 0 Å². The number of hydrogen-bond acceptors (Lipinski definition) is 5. The molecule has 0 saturated heterocycles. The van der Waals surface area contributed by atoms with E-state index < -0.39 is 15.7 Å². The molecule has 0 atom stereocenters. The number of rotatable bonds is 4. The Balaban J connectivity index is 2.17. The molecule has 2 rings (SSSR count). The van der Waals surface area contributed by atoms with E-state index in [4.69, 9.17) is 16.1 Å². The normalized spacial score (nSPS) is 11.7. The SMILES string of the molecule is Cc1noc(CS(=O)(=O)Cc2ccc(F)cc2Cl)n1. The Kier molecular flexibility index (Phi) is 3.86. The van der Waals surface area contributed by atoms with Crippen molar-refractivity contribution in [3.05, 3.63) is 46.3 Å². The minimum absolute atomic E-state index is 0.0238. The van der Waals surface area contributed by atoms with Crippen molar-refractivity contribution in [2.75, 3.05) is 0 Å². The van der Waals surface area contributed by atoms with E-state index >= 15 is 0 Å². The Hall–Kier alpha value is -1.47. The van der Waals surface area contributed by atoms with E-state index in [2.05, 4.69) is 10.1 Å². The van der Waals surface area contributed by atoms with Crippen molar-refractivity contribution in [2.45, 2.75) is 18.4 Å². The van der Waals surface area contributed by atoms with Gasteiger partial charge in [0, 0.05) is 5.02 Å². The van der Waals surface area contributed by atoms with Crippen LogP contribution in [0.2, 0.25) is 5.02 Å². The van der Waals surface area contributed by atoms with E-state index in [9.17, 15) is 12.8 Å². The van der Waals surface area contributed by atoms with Crippen LogP contribution in [0, 0.1) is 12.7 Å². The van der Waals surface area contributed by atoms with Gasteiger partial charge in [-0.25, -0.2) is 12.8 Å². The quantitative estimate of drug-likeness (QED) is 0.866. The zero-order valence-electron chi connectivity index (χ0n) is 9.93. The Labute approximate surface area is 114 Å². The third kappa shape index (κ3) is 3.74.